The third kappa shape index (κ3) is 3.45. The molecule has 2 rings (SSSR count). The summed E-state index contributed by atoms with van der Waals surface area (Å²) in [5, 5.41) is 19.4. The van der Waals surface area contributed by atoms with Crippen molar-refractivity contribution in [3.63, 3.8) is 0 Å². The minimum atomic E-state index is -0.496. The minimum Gasteiger partial charge on any atom is -0.508 e. The van der Waals surface area contributed by atoms with Crippen molar-refractivity contribution in [3.05, 3.63) is 29.8 Å². The summed E-state index contributed by atoms with van der Waals surface area (Å²) in [5.41, 5.74) is 1.01. The Morgan fingerprint density at radius 1 is 1.39 bits per heavy atom. The Hall–Kier alpha value is -1.10. The topological polar surface area (TPSA) is 52.9 Å². The Morgan fingerprint density at radius 3 is 2.78 bits per heavy atom. The molecule has 1 aliphatic heterocycles. The van der Waals surface area contributed by atoms with Crippen molar-refractivity contribution in [3.8, 4) is 5.75 Å². The van der Waals surface area contributed by atoms with E-state index in [-0.39, 0.29) is 11.9 Å². The Morgan fingerprint density at radius 2 is 2.11 bits per heavy atom. The standard InChI is InChI=1S/C14H21NO3/c1-2-15-7-8-18-14(10-15)13(17)9-11-3-5-12(16)6-4-11/h3-6,13-14,16-17H,2,7-10H2,1H3. The number of nitrogens with zero attached hydrogens (tertiary/aromatic N) is 1. The molecule has 0 aliphatic carbocycles. The summed E-state index contributed by atoms with van der Waals surface area (Å²) in [7, 11) is 0. The molecule has 4 nitrogen and oxygen atoms in total. The predicted molar refractivity (Wildman–Crippen MR) is 69.7 cm³/mol. The zero-order valence-corrected chi connectivity index (χ0v) is 10.7. The van der Waals surface area contributed by atoms with Crippen LogP contribution < -0.4 is 0 Å². The van der Waals surface area contributed by atoms with Gasteiger partial charge in [0.1, 0.15) is 5.75 Å². The molecule has 1 aromatic carbocycles. The number of aliphatic hydroxyl groups is 1. The molecule has 0 amide bonds. The number of phenolic OH excluding ortho intramolecular Hbond substituents is 1. The second kappa shape index (κ2) is 6.18. The number of aliphatic hydroxyl groups excluding tert-OH is 1. The monoisotopic (exact) mass is 251 g/mol. The highest BCUT2D eigenvalue weighted by Crippen LogP contribution is 2.15. The van der Waals surface area contributed by atoms with E-state index in [4.69, 9.17) is 4.74 Å². The number of hydrogen-bond acceptors (Lipinski definition) is 4. The van der Waals surface area contributed by atoms with Gasteiger partial charge in [-0.2, -0.15) is 0 Å². The molecule has 0 spiro atoms. The molecule has 1 heterocycles. The van der Waals surface area contributed by atoms with Crippen LogP contribution >= 0.6 is 0 Å². The first kappa shape index (κ1) is 13.3. The van der Waals surface area contributed by atoms with Gasteiger partial charge in [-0.25, -0.2) is 0 Å². The maximum Gasteiger partial charge on any atom is 0.115 e. The highest BCUT2D eigenvalue weighted by atomic mass is 16.5. The maximum atomic E-state index is 10.2. The van der Waals surface area contributed by atoms with Gasteiger partial charge in [0.05, 0.1) is 18.8 Å². The lowest BCUT2D eigenvalue weighted by molar-refractivity contribution is -0.0867. The molecule has 1 saturated heterocycles. The number of benzene rings is 1. The molecule has 2 unspecified atom stereocenters. The van der Waals surface area contributed by atoms with E-state index in [9.17, 15) is 10.2 Å². The number of aromatic hydroxyl groups is 1. The summed E-state index contributed by atoms with van der Waals surface area (Å²) in [6.07, 6.45) is -0.0564. The molecular weight excluding hydrogens is 230 g/mol. The van der Waals surface area contributed by atoms with E-state index in [0.29, 0.717) is 13.0 Å². The third-order valence-electron chi connectivity index (χ3n) is 3.44. The van der Waals surface area contributed by atoms with Crippen LogP contribution in [0.2, 0.25) is 0 Å². The van der Waals surface area contributed by atoms with Gasteiger partial charge in [0.15, 0.2) is 0 Å². The number of likely N-dealkylation sites (N-methyl/N-ethyl adjacent to an activating group) is 1. The van der Waals surface area contributed by atoms with E-state index in [2.05, 4.69) is 11.8 Å². The van der Waals surface area contributed by atoms with Crippen LogP contribution in [0.25, 0.3) is 0 Å². The van der Waals surface area contributed by atoms with E-state index < -0.39 is 6.10 Å². The third-order valence-corrected chi connectivity index (χ3v) is 3.44. The highest BCUT2D eigenvalue weighted by molar-refractivity contribution is 5.26. The van der Waals surface area contributed by atoms with Crippen LogP contribution in [0, 0.1) is 0 Å². The Bertz CT molecular complexity index is 366. The maximum absolute atomic E-state index is 10.2. The van der Waals surface area contributed by atoms with Gasteiger partial charge < -0.3 is 14.9 Å². The molecule has 2 atom stereocenters. The van der Waals surface area contributed by atoms with E-state index in [0.717, 1.165) is 25.2 Å². The fraction of sp³-hybridized carbons (Fsp3) is 0.571. The van der Waals surface area contributed by atoms with Crippen LogP contribution in [0.1, 0.15) is 12.5 Å². The quantitative estimate of drug-likeness (QED) is 0.839. The summed E-state index contributed by atoms with van der Waals surface area (Å²) < 4.78 is 5.63. The molecule has 0 radical (unpaired) electrons. The molecule has 2 N–H and O–H groups in total. The van der Waals surface area contributed by atoms with Crippen LogP contribution in [-0.2, 0) is 11.2 Å². The van der Waals surface area contributed by atoms with Gasteiger partial charge in [-0.1, -0.05) is 19.1 Å². The average Bonchev–Trinajstić information content (AvgIpc) is 2.41. The smallest absolute Gasteiger partial charge is 0.115 e. The number of morpholine rings is 1. The fourth-order valence-electron chi connectivity index (χ4n) is 2.26. The van der Waals surface area contributed by atoms with Crippen molar-refractivity contribution in [1.29, 1.82) is 0 Å². The average molecular weight is 251 g/mol. The second-order valence-corrected chi connectivity index (χ2v) is 4.74. The Labute approximate surface area is 108 Å². The van der Waals surface area contributed by atoms with Gasteiger partial charge in [-0.15, -0.1) is 0 Å². The summed E-state index contributed by atoms with van der Waals surface area (Å²) >= 11 is 0. The zero-order chi connectivity index (χ0) is 13.0. The molecule has 100 valence electrons. The van der Waals surface area contributed by atoms with Crippen LogP contribution in [0.4, 0.5) is 0 Å². The molecule has 1 fully saturated rings. The van der Waals surface area contributed by atoms with Gasteiger partial charge in [0.2, 0.25) is 0 Å². The van der Waals surface area contributed by atoms with Crippen LogP contribution in [-0.4, -0.2) is 53.6 Å². The Kier molecular flexibility index (Phi) is 4.58. The van der Waals surface area contributed by atoms with Gasteiger partial charge in [-0.05, 0) is 24.2 Å². The first-order valence-electron chi connectivity index (χ1n) is 6.49. The minimum absolute atomic E-state index is 0.118. The molecule has 0 saturated carbocycles. The van der Waals surface area contributed by atoms with Crippen molar-refractivity contribution in [1.82, 2.24) is 4.90 Å². The molecule has 1 aliphatic rings. The second-order valence-electron chi connectivity index (χ2n) is 4.74. The van der Waals surface area contributed by atoms with Crippen molar-refractivity contribution < 1.29 is 14.9 Å². The number of rotatable bonds is 4. The van der Waals surface area contributed by atoms with Gasteiger partial charge >= 0.3 is 0 Å². The van der Waals surface area contributed by atoms with E-state index in [1.165, 1.54) is 0 Å². The van der Waals surface area contributed by atoms with Crippen LogP contribution in [0.15, 0.2) is 24.3 Å². The van der Waals surface area contributed by atoms with Crippen LogP contribution in [0.3, 0.4) is 0 Å². The number of hydrogen-bond donors (Lipinski definition) is 2. The summed E-state index contributed by atoms with van der Waals surface area (Å²) in [6, 6.07) is 6.95. The van der Waals surface area contributed by atoms with E-state index in [1.807, 2.05) is 12.1 Å². The first-order valence-corrected chi connectivity index (χ1v) is 6.49. The molecule has 0 aromatic heterocycles. The van der Waals surface area contributed by atoms with Crippen molar-refractivity contribution in [2.24, 2.45) is 0 Å². The van der Waals surface area contributed by atoms with Crippen molar-refractivity contribution >= 4 is 0 Å². The normalized spacial score (nSPS) is 22.9. The summed E-state index contributed by atoms with van der Waals surface area (Å²) in [4.78, 5) is 2.29. The van der Waals surface area contributed by atoms with Gasteiger partial charge in [0.25, 0.3) is 0 Å². The largest absolute Gasteiger partial charge is 0.508 e. The molecular formula is C14H21NO3. The van der Waals surface area contributed by atoms with Gasteiger partial charge in [-0.3, -0.25) is 4.90 Å². The van der Waals surface area contributed by atoms with E-state index >= 15 is 0 Å². The van der Waals surface area contributed by atoms with E-state index in [1.54, 1.807) is 12.1 Å². The summed E-state index contributed by atoms with van der Waals surface area (Å²) in [6.45, 7) is 5.53. The molecule has 0 bridgehead atoms. The van der Waals surface area contributed by atoms with Gasteiger partial charge in [0, 0.05) is 19.5 Å². The zero-order valence-electron chi connectivity index (χ0n) is 10.7. The lowest BCUT2D eigenvalue weighted by Crippen LogP contribution is -2.48. The molecule has 4 heteroatoms. The Balaban J connectivity index is 1.90. The SMILES string of the molecule is CCN1CCOC(C(O)Cc2ccc(O)cc2)C1. The number of ether oxygens (including phenoxy) is 1. The first-order chi connectivity index (χ1) is 8.69. The number of phenols is 1. The summed E-state index contributed by atoms with van der Waals surface area (Å²) in [5.74, 6) is 0.249. The lowest BCUT2D eigenvalue weighted by atomic mass is 10.0. The fourth-order valence-corrected chi connectivity index (χ4v) is 2.26. The predicted octanol–water partition coefficient (Wildman–Crippen LogP) is 1.02. The van der Waals surface area contributed by atoms with Crippen molar-refractivity contribution in [2.75, 3.05) is 26.2 Å². The van der Waals surface area contributed by atoms with Crippen LogP contribution in [0.5, 0.6) is 5.75 Å². The molecule has 1 aromatic rings. The highest BCUT2D eigenvalue weighted by Gasteiger charge is 2.26. The lowest BCUT2D eigenvalue weighted by Gasteiger charge is -2.34. The molecule has 18 heavy (non-hydrogen) atoms. The van der Waals surface area contributed by atoms with Crippen molar-refractivity contribution in [2.45, 2.75) is 25.6 Å².